The Labute approximate surface area is 147 Å². The van der Waals surface area contributed by atoms with Crippen LogP contribution < -0.4 is 5.32 Å². The van der Waals surface area contributed by atoms with E-state index in [9.17, 15) is 4.79 Å². The quantitative estimate of drug-likeness (QED) is 0.738. The summed E-state index contributed by atoms with van der Waals surface area (Å²) in [5.41, 5.74) is 3.30. The lowest BCUT2D eigenvalue weighted by molar-refractivity contribution is -0.117. The molecule has 1 N–H and O–H groups in total. The fourth-order valence-corrected chi connectivity index (χ4v) is 5.70. The molecule has 0 radical (unpaired) electrons. The zero-order chi connectivity index (χ0) is 16.4. The molecule has 0 saturated heterocycles. The topological polar surface area (TPSA) is 29.1 Å². The number of nitrogens with one attached hydrogen (secondary N) is 1. The molecule has 4 heteroatoms. The van der Waals surface area contributed by atoms with Crippen LogP contribution in [0.5, 0.6) is 0 Å². The van der Waals surface area contributed by atoms with E-state index >= 15 is 0 Å². The predicted octanol–water partition coefficient (Wildman–Crippen LogP) is 5.10. The highest BCUT2D eigenvalue weighted by molar-refractivity contribution is 6.51. The Morgan fingerprint density at radius 1 is 1.09 bits per heavy atom. The number of carbonyl (C=O) groups excluding carboxylic acids is 1. The molecule has 1 aromatic carbocycles. The van der Waals surface area contributed by atoms with E-state index in [0.717, 1.165) is 36.9 Å². The molecular weight excluding hydrogens is 329 g/mol. The minimum atomic E-state index is -0.479. The van der Waals surface area contributed by atoms with Crippen LogP contribution in [-0.4, -0.2) is 10.2 Å². The fourth-order valence-electron chi connectivity index (χ4n) is 4.78. The molecule has 0 heterocycles. The summed E-state index contributed by atoms with van der Waals surface area (Å²) in [6.07, 6.45) is 4.34. The van der Waals surface area contributed by atoms with Crippen molar-refractivity contribution in [3.63, 3.8) is 0 Å². The standard InChI is InChI=1S/C19H23Cl2NO/c1-10-3-8-16(11(2)9-10)22-18(23)17-12-4-6-14-15(19(14,20)21)7-5-13(12)17/h3,8-9,12-15,17H,4-7H2,1-2H3,(H,22,23)/t12-,13-,14+,15+/m0/s1. The van der Waals surface area contributed by atoms with Crippen molar-refractivity contribution in [2.45, 2.75) is 43.9 Å². The van der Waals surface area contributed by atoms with Gasteiger partial charge < -0.3 is 5.32 Å². The highest BCUT2D eigenvalue weighted by Crippen LogP contribution is 2.67. The summed E-state index contributed by atoms with van der Waals surface area (Å²) in [7, 11) is 0. The fraction of sp³-hybridized carbons (Fsp3) is 0.632. The third-order valence-corrected chi connectivity index (χ3v) is 7.38. The number of hydrogen-bond donors (Lipinski definition) is 1. The van der Waals surface area contributed by atoms with Gasteiger partial charge in [0.25, 0.3) is 0 Å². The lowest BCUT2D eigenvalue weighted by Gasteiger charge is -2.09. The van der Waals surface area contributed by atoms with Gasteiger partial charge in [0, 0.05) is 11.6 Å². The van der Waals surface area contributed by atoms with Crippen LogP contribution in [-0.2, 0) is 4.79 Å². The summed E-state index contributed by atoms with van der Waals surface area (Å²) in [5, 5.41) is 3.14. The van der Waals surface area contributed by atoms with Gasteiger partial charge in [0.1, 0.15) is 4.33 Å². The number of halogens is 2. The summed E-state index contributed by atoms with van der Waals surface area (Å²) < 4.78 is -0.479. The maximum atomic E-state index is 12.7. The Morgan fingerprint density at radius 3 is 2.26 bits per heavy atom. The molecule has 4 atom stereocenters. The van der Waals surface area contributed by atoms with Crippen molar-refractivity contribution in [2.75, 3.05) is 5.32 Å². The SMILES string of the molecule is Cc1ccc(NC(=O)C2[C@H]3CC[C@@H]4[C@@H](CC[C@H]23)C4(Cl)Cl)c(C)c1. The van der Waals surface area contributed by atoms with Gasteiger partial charge in [-0.05, 0) is 74.8 Å². The molecule has 0 bridgehead atoms. The van der Waals surface area contributed by atoms with E-state index in [4.69, 9.17) is 23.2 Å². The number of fused-ring (bicyclic) bond motifs is 2. The van der Waals surface area contributed by atoms with Gasteiger partial charge in [-0.15, -0.1) is 23.2 Å². The maximum Gasteiger partial charge on any atom is 0.228 e. The molecule has 3 aliphatic carbocycles. The zero-order valence-corrected chi connectivity index (χ0v) is 15.1. The van der Waals surface area contributed by atoms with E-state index in [0.29, 0.717) is 23.7 Å². The predicted molar refractivity (Wildman–Crippen MR) is 94.9 cm³/mol. The normalized spacial score (nSPS) is 37.0. The van der Waals surface area contributed by atoms with E-state index in [2.05, 4.69) is 18.3 Å². The monoisotopic (exact) mass is 351 g/mol. The Balaban J connectivity index is 1.40. The van der Waals surface area contributed by atoms with Crippen LogP contribution in [0.1, 0.15) is 36.8 Å². The molecule has 1 amide bonds. The summed E-state index contributed by atoms with van der Waals surface area (Å²) in [5.74, 6) is 2.36. The first kappa shape index (κ1) is 15.8. The molecule has 0 aliphatic heterocycles. The Morgan fingerprint density at radius 2 is 1.70 bits per heavy atom. The number of rotatable bonds is 2. The molecule has 3 aliphatic rings. The van der Waals surface area contributed by atoms with Gasteiger partial charge >= 0.3 is 0 Å². The van der Waals surface area contributed by atoms with E-state index < -0.39 is 4.33 Å². The molecule has 23 heavy (non-hydrogen) atoms. The van der Waals surface area contributed by atoms with Crippen molar-refractivity contribution >= 4 is 34.8 Å². The van der Waals surface area contributed by atoms with Gasteiger partial charge in [-0.3, -0.25) is 4.79 Å². The van der Waals surface area contributed by atoms with Crippen molar-refractivity contribution in [3.8, 4) is 0 Å². The zero-order valence-electron chi connectivity index (χ0n) is 13.6. The summed E-state index contributed by atoms with van der Waals surface area (Å²) in [6.45, 7) is 4.12. The molecule has 3 saturated carbocycles. The smallest absolute Gasteiger partial charge is 0.228 e. The van der Waals surface area contributed by atoms with E-state index in [-0.39, 0.29) is 11.8 Å². The second-order valence-corrected chi connectivity index (χ2v) is 9.15. The number of benzene rings is 1. The molecule has 124 valence electrons. The van der Waals surface area contributed by atoms with Gasteiger partial charge in [0.2, 0.25) is 5.91 Å². The number of hydrogen-bond acceptors (Lipinski definition) is 1. The van der Waals surface area contributed by atoms with Crippen molar-refractivity contribution in [1.82, 2.24) is 0 Å². The molecule has 0 spiro atoms. The lowest BCUT2D eigenvalue weighted by atomic mass is 10.0. The first-order valence-electron chi connectivity index (χ1n) is 8.65. The highest BCUT2D eigenvalue weighted by Gasteiger charge is 2.65. The molecule has 3 fully saturated rings. The molecule has 0 unspecified atom stereocenters. The molecule has 1 aromatic rings. The number of anilines is 1. The summed E-state index contributed by atoms with van der Waals surface area (Å²) in [4.78, 5) is 12.7. The Bertz CT molecular complexity index is 635. The summed E-state index contributed by atoms with van der Waals surface area (Å²) >= 11 is 12.7. The van der Waals surface area contributed by atoms with Gasteiger partial charge in [-0.2, -0.15) is 0 Å². The third-order valence-electron chi connectivity index (χ3n) is 6.26. The Kier molecular flexibility index (Phi) is 3.70. The Hall–Kier alpha value is -0.730. The molecular formula is C19H23Cl2NO. The minimum Gasteiger partial charge on any atom is -0.326 e. The van der Waals surface area contributed by atoms with E-state index in [1.165, 1.54) is 5.56 Å². The van der Waals surface area contributed by atoms with Gasteiger partial charge in [-0.25, -0.2) is 0 Å². The van der Waals surface area contributed by atoms with Gasteiger partial charge in [-0.1, -0.05) is 17.7 Å². The maximum absolute atomic E-state index is 12.7. The number of carbonyl (C=O) groups is 1. The van der Waals surface area contributed by atoms with Crippen LogP contribution in [0.25, 0.3) is 0 Å². The average molecular weight is 352 g/mol. The molecule has 0 aromatic heterocycles. The van der Waals surface area contributed by atoms with Crippen LogP contribution in [0.4, 0.5) is 5.69 Å². The lowest BCUT2D eigenvalue weighted by Crippen LogP contribution is -2.16. The van der Waals surface area contributed by atoms with Crippen LogP contribution >= 0.6 is 23.2 Å². The van der Waals surface area contributed by atoms with Gasteiger partial charge in [0.05, 0.1) is 0 Å². The van der Waals surface area contributed by atoms with Crippen LogP contribution in [0.2, 0.25) is 0 Å². The second-order valence-electron chi connectivity index (χ2n) is 7.70. The van der Waals surface area contributed by atoms with Crippen molar-refractivity contribution < 1.29 is 4.79 Å². The number of aryl methyl sites for hydroxylation is 2. The number of amides is 1. The van der Waals surface area contributed by atoms with Crippen molar-refractivity contribution in [1.29, 1.82) is 0 Å². The molecule has 4 rings (SSSR count). The summed E-state index contributed by atoms with van der Waals surface area (Å²) in [6, 6.07) is 6.17. The van der Waals surface area contributed by atoms with Gasteiger partial charge in [0.15, 0.2) is 0 Å². The largest absolute Gasteiger partial charge is 0.326 e. The first-order chi connectivity index (χ1) is 10.9. The average Bonchev–Trinajstić information content (AvgIpc) is 3.26. The second kappa shape index (κ2) is 5.39. The highest BCUT2D eigenvalue weighted by atomic mass is 35.5. The van der Waals surface area contributed by atoms with Crippen LogP contribution in [0, 0.1) is 43.4 Å². The number of alkyl halides is 2. The van der Waals surface area contributed by atoms with Crippen LogP contribution in [0.3, 0.4) is 0 Å². The van der Waals surface area contributed by atoms with Crippen LogP contribution in [0.15, 0.2) is 18.2 Å². The minimum absolute atomic E-state index is 0.188. The van der Waals surface area contributed by atoms with E-state index in [1.807, 2.05) is 19.1 Å². The van der Waals surface area contributed by atoms with Crippen molar-refractivity contribution in [3.05, 3.63) is 29.3 Å². The van der Waals surface area contributed by atoms with Crippen molar-refractivity contribution in [2.24, 2.45) is 29.6 Å². The van der Waals surface area contributed by atoms with E-state index in [1.54, 1.807) is 0 Å². The first-order valence-corrected chi connectivity index (χ1v) is 9.41. The third kappa shape index (κ3) is 2.68. The molecule has 2 nitrogen and oxygen atoms in total.